The van der Waals surface area contributed by atoms with E-state index in [1.54, 1.807) is 13.0 Å². The number of nitrogens with zero attached hydrogens (tertiary/aromatic N) is 2. The number of hydrogen-bond donors (Lipinski definition) is 1. The number of carboxylic acids is 1. The molecule has 0 fully saturated rings. The number of aromatic nitrogens is 1. The number of carboxylic acid groups (broad SMARTS) is 1. The van der Waals surface area contributed by atoms with Crippen molar-refractivity contribution in [1.82, 2.24) is 4.98 Å². The molecule has 6 nitrogen and oxygen atoms in total. The predicted molar refractivity (Wildman–Crippen MR) is 134 cm³/mol. The summed E-state index contributed by atoms with van der Waals surface area (Å²) in [6, 6.07) is 23.7. The van der Waals surface area contributed by atoms with Gasteiger partial charge in [-0.1, -0.05) is 54.9 Å². The minimum absolute atomic E-state index is 0.388. The molecule has 0 amide bonds. The first-order valence-corrected chi connectivity index (χ1v) is 11.7. The standard InChI is InChI=1S/C27H27ClN2O4/c1-2-24(26(31)32)33-22-9-5-7-20(17-22)18-30(16-6-8-19-12-14-21(28)15-13-19)27-29-23-10-3-4-11-25(23)34-27/h3-5,7,9-15,17,24H,2,6,8,16,18H2,1H3,(H,31,32). The van der Waals surface area contributed by atoms with Crippen molar-refractivity contribution in [1.29, 1.82) is 0 Å². The van der Waals surface area contributed by atoms with Gasteiger partial charge in [-0.05, 0) is 66.8 Å². The van der Waals surface area contributed by atoms with Crippen LogP contribution in [-0.4, -0.2) is 28.7 Å². The quantitative estimate of drug-likeness (QED) is 0.270. The van der Waals surface area contributed by atoms with Crippen LogP contribution in [0.2, 0.25) is 5.02 Å². The zero-order valence-corrected chi connectivity index (χ0v) is 19.7. The number of rotatable bonds is 11. The van der Waals surface area contributed by atoms with Crippen LogP contribution in [0.4, 0.5) is 6.01 Å². The van der Waals surface area contributed by atoms with E-state index in [1.807, 2.05) is 66.7 Å². The smallest absolute Gasteiger partial charge is 0.344 e. The van der Waals surface area contributed by atoms with E-state index in [2.05, 4.69) is 9.88 Å². The number of oxazole rings is 1. The van der Waals surface area contributed by atoms with Crippen molar-refractivity contribution in [2.75, 3.05) is 11.4 Å². The molecule has 4 rings (SSSR count). The van der Waals surface area contributed by atoms with E-state index < -0.39 is 12.1 Å². The molecule has 1 N–H and O–H groups in total. The van der Waals surface area contributed by atoms with Crippen molar-refractivity contribution in [2.45, 2.75) is 38.8 Å². The summed E-state index contributed by atoms with van der Waals surface area (Å²) >= 11 is 6.00. The first kappa shape index (κ1) is 23.6. The van der Waals surface area contributed by atoms with Crippen LogP contribution in [0.1, 0.15) is 30.9 Å². The van der Waals surface area contributed by atoms with Gasteiger partial charge in [0.25, 0.3) is 6.01 Å². The lowest BCUT2D eigenvalue weighted by Crippen LogP contribution is -2.26. The number of aryl methyl sites for hydroxylation is 1. The van der Waals surface area contributed by atoms with Crippen molar-refractivity contribution in [2.24, 2.45) is 0 Å². The van der Waals surface area contributed by atoms with E-state index in [9.17, 15) is 9.90 Å². The molecule has 1 aromatic heterocycles. The highest BCUT2D eigenvalue weighted by atomic mass is 35.5. The van der Waals surface area contributed by atoms with Crippen molar-refractivity contribution in [3.63, 3.8) is 0 Å². The molecular weight excluding hydrogens is 452 g/mol. The molecule has 7 heteroatoms. The summed E-state index contributed by atoms with van der Waals surface area (Å²) in [5.41, 5.74) is 3.75. The largest absolute Gasteiger partial charge is 0.479 e. The van der Waals surface area contributed by atoms with Crippen LogP contribution in [0.3, 0.4) is 0 Å². The maximum Gasteiger partial charge on any atom is 0.344 e. The molecule has 176 valence electrons. The molecule has 0 saturated heterocycles. The number of halogens is 1. The summed E-state index contributed by atoms with van der Waals surface area (Å²) < 4.78 is 11.7. The fourth-order valence-electron chi connectivity index (χ4n) is 3.77. The number of ether oxygens (including phenoxy) is 1. The molecule has 0 spiro atoms. The van der Waals surface area contributed by atoms with E-state index in [0.717, 1.165) is 41.1 Å². The number of para-hydroxylation sites is 2. The molecule has 0 aliphatic rings. The number of fused-ring (bicyclic) bond motifs is 1. The predicted octanol–water partition coefficient (Wildman–Crippen LogP) is 6.36. The molecule has 0 radical (unpaired) electrons. The zero-order chi connectivity index (χ0) is 23.9. The zero-order valence-electron chi connectivity index (χ0n) is 19.0. The highest BCUT2D eigenvalue weighted by molar-refractivity contribution is 6.30. The number of benzene rings is 3. The Hall–Kier alpha value is -3.51. The topological polar surface area (TPSA) is 75.8 Å². The fourth-order valence-corrected chi connectivity index (χ4v) is 3.90. The van der Waals surface area contributed by atoms with E-state index >= 15 is 0 Å². The van der Waals surface area contributed by atoms with Gasteiger partial charge >= 0.3 is 5.97 Å². The van der Waals surface area contributed by atoms with E-state index in [4.69, 9.17) is 20.8 Å². The number of carbonyl (C=O) groups is 1. The van der Waals surface area contributed by atoms with Crippen LogP contribution >= 0.6 is 11.6 Å². The molecule has 0 saturated carbocycles. The van der Waals surface area contributed by atoms with Gasteiger partial charge in [0.15, 0.2) is 11.7 Å². The van der Waals surface area contributed by atoms with Gasteiger partial charge in [-0.2, -0.15) is 4.98 Å². The van der Waals surface area contributed by atoms with E-state index in [1.165, 1.54) is 5.56 Å². The lowest BCUT2D eigenvalue weighted by Gasteiger charge is -2.21. The van der Waals surface area contributed by atoms with Gasteiger partial charge in [0.2, 0.25) is 0 Å². The van der Waals surface area contributed by atoms with E-state index in [0.29, 0.717) is 24.7 Å². The second-order valence-corrected chi connectivity index (χ2v) is 8.55. The molecule has 34 heavy (non-hydrogen) atoms. The molecule has 1 heterocycles. The van der Waals surface area contributed by atoms with Crippen molar-refractivity contribution in [3.8, 4) is 5.75 Å². The molecule has 0 aliphatic heterocycles. The SMILES string of the molecule is CCC(Oc1cccc(CN(CCCc2ccc(Cl)cc2)c2nc3ccccc3o2)c1)C(=O)O. The van der Waals surface area contributed by atoms with Crippen LogP contribution in [-0.2, 0) is 17.8 Å². The van der Waals surface area contributed by atoms with Crippen LogP contribution in [0.25, 0.3) is 11.1 Å². The molecule has 1 atom stereocenters. The molecule has 0 aliphatic carbocycles. The first-order chi connectivity index (χ1) is 16.5. The lowest BCUT2D eigenvalue weighted by atomic mass is 10.1. The van der Waals surface area contributed by atoms with Crippen LogP contribution in [0, 0.1) is 0 Å². The number of hydrogen-bond acceptors (Lipinski definition) is 5. The minimum Gasteiger partial charge on any atom is -0.479 e. The Balaban J connectivity index is 1.52. The lowest BCUT2D eigenvalue weighted by molar-refractivity contribution is -0.145. The number of aliphatic carboxylic acids is 1. The van der Waals surface area contributed by atoms with Crippen LogP contribution in [0.5, 0.6) is 5.75 Å². The average molecular weight is 479 g/mol. The van der Waals surface area contributed by atoms with Gasteiger partial charge in [0.05, 0.1) is 0 Å². The third kappa shape index (κ3) is 6.08. The Morgan fingerprint density at radius 3 is 2.62 bits per heavy atom. The second-order valence-electron chi connectivity index (χ2n) is 8.12. The van der Waals surface area contributed by atoms with Gasteiger partial charge < -0.3 is 19.2 Å². The van der Waals surface area contributed by atoms with Crippen LogP contribution < -0.4 is 9.64 Å². The first-order valence-electron chi connectivity index (χ1n) is 11.3. The highest BCUT2D eigenvalue weighted by Crippen LogP contribution is 2.25. The summed E-state index contributed by atoms with van der Waals surface area (Å²) in [7, 11) is 0. The monoisotopic (exact) mass is 478 g/mol. The Morgan fingerprint density at radius 1 is 1.09 bits per heavy atom. The summed E-state index contributed by atoms with van der Waals surface area (Å²) in [5.74, 6) is -0.436. The maximum absolute atomic E-state index is 11.4. The summed E-state index contributed by atoms with van der Waals surface area (Å²) in [5, 5.41) is 10.0. The van der Waals surface area contributed by atoms with Gasteiger partial charge in [-0.3, -0.25) is 0 Å². The Kier molecular flexibility index (Phi) is 7.70. The molecule has 3 aromatic carbocycles. The van der Waals surface area contributed by atoms with Gasteiger partial charge in [0, 0.05) is 18.1 Å². The van der Waals surface area contributed by atoms with Crippen molar-refractivity contribution in [3.05, 3.63) is 88.9 Å². The Bertz CT molecular complexity index is 1210. The highest BCUT2D eigenvalue weighted by Gasteiger charge is 2.18. The average Bonchev–Trinajstić information content (AvgIpc) is 3.27. The van der Waals surface area contributed by atoms with Gasteiger partial charge in [-0.25, -0.2) is 4.79 Å². The van der Waals surface area contributed by atoms with Gasteiger partial charge in [0.1, 0.15) is 11.3 Å². The summed E-state index contributed by atoms with van der Waals surface area (Å²) in [6.45, 7) is 3.07. The Labute approximate surface area is 203 Å². The Morgan fingerprint density at radius 2 is 1.88 bits per heavy atom. The molecule has 0 bridgehead atoms. The minimum atomic E-state index is -0.969. The van der Waals surface area contributed by atoms with Gasteiger partial charge in [-0.15, -0.1) is 0 Å². The van der Waals surface area contributed by atoms with Crippen molar-refractivity contribution < 1.29 is 19.1 Å². The van der Waals surface area contributed by atoms with Crippen molar-refractivity contribution >= 4 is 34.7 Å². The molecule has 1 unspecified atom stereocenters. The van der Waals surface area contributed by atoms with E-state index in [-0.39, 0.29) is 0 Å². The maximum atomic E-state index is 11.4. The third-order valence-corrected chi connectivity index (χ3v) is 5.81. The third-order valence-electron chi connectivity index (χ3n) is 5.56. The summed E-state index contributed by atoms with van der Waals surface area (Å²) in [6.07, 6.45) is 1.31. The molecule has 4 aromatic rings. The number of anilines is 1. The normalized spacial score (nSPS) is 11.9. The molecular formula is C27H27ClN2O4. The second kappa shape index (κ2) is 11.1. The summed E-state index contributed by atoms with van der Waals surface area (Å²) in [4.78, 5) is 18.1. The fraction of sp³-hybridized carbons (Fsp3) is 0.259. The van der Waals surface area contributed by atoms with Crippen LogP contribution in [0.15, 0.2) is 77.2 Å².